The van der Waals surface area contributed by atoms with Gasteiger partial charge < -0.3 is 5.73 Å². The number of benzene rings is 1. The smallest absolute Gasteiger partial charge is 0.153 e. The predicted octanol–water partition coefficient (Wildman–Crippen LogP) is 1.93. The Kier molecular flexibility index (Phi) is 3.07. The Morgan fingerprint density at radius 3 is 2.44 bits per heavy atom. The number of hydrogen-bond acceptors (Lipinski definition) is 3. The maximum absolute atomic E-state index is 6.18. The summed E-state index contributed by atoms with van der Waals surface area (Å²) >= 11 is 3.36. The quantitative estimate of drug-likeness (QED) is 0.915. The lowest BCUT2D eigenvalue weighted by Crippen LogP contribution is -2.16. The van der Waals surface area contributed by atoms with Crippen molar-refractivity contribution in [2.45, 2.75) is 13.0 Å². The normalized spacial score (nSPS) is 12.8. The molecule has 0 radical (unpaired) electrons. The molecule has 1 aromatic carbocycles. The Labute approximate surface area is 103 Å². The fraction of sp³-hybridized carbons (Fsp3) is 0.273. The molecule has 0 bridgehead atoms. The summed E-state index contributed by atoms with van der Waals surface area (Å²) in [6.07, 6.45) is 0. The van der Waals surface area contributed by atoms with Crippen LogP contribution in [-0.2, 0) is 7.05 Å². The first kappa shape index (κ1) is 11.3. The molecule has 0 saturated heterocycles. The van der Waals surface area contributed by atoms with E-state index >= 15 is 0 Å². The van der Waals surface area contributed by atoms with Crippen LogP contribution in [0.3, 0.4) is 0 Å². The van der Waals surface area contributed by atoms with Gasteiger partial charge in [0, 0.05) is 7.05 Å². The highest BCUT2D eigenvalue weighted by molar-refractivity contribution is 9.10. The van der Waals surface area contributed by atoms with Crippen LogP contribution in [-0.4, -0.2) is 15.0 Å². The van der Waals surface area contributed by atoms with Crippen molar-refractivity contribution in [3.05, 3.63) is 45.7 Å². The maximum atomic E-state index is 6.18. The molecule has 0 amide bonds. The van der Waals surface area contributed by atoms with Crippen molar-refractivity contribution in [3.63, 3.8) is 0 Å². The molecule has 5 heteroatoms. The van der Waals surface area contributed by atoms with Gasteiger partial charge in [-0.15, -0.1) is 5.10 Å². The minimum atomic E-state index is -0.213. The third kappa shape index (κ3) is 2.01. The fourth-order valence-corrected chi connectivity index (χ4v) is 2.17. The Hall–Kier alpha value is -1.20. The average molecular weight is 281 g/mol. The molecule has 2 N–H and O–H groups in total. The van der Waals surface area contributed by atoms with Gasteiger partial charge in [0.2, 0.25) is 0 Å². The summed E-state index contributed by atoms with van der Waals surface area (Å²) in [7, 11) is 1.83. The average Bonchev–Trinajstić information content (AvgIpc) is 2.59. The molecule has 1 atom stereocenters. The number of halogens is 1. The Morgan fingerprint density at radius 1 is 1.31 bits per heavy atom. The summed E-state index contributed by atoms with van der Waals surface area (Å²) in [6.45, 7) is 2.05. The van der Waals surface area contributed by atoms with E-state index in [1.54, 1.807) is 4.68 Å². The highest BCUT2D eigenvalue weighted by atomic mass is 79.9. The van der Waals surface area contributed by atoms with Crippen LogP contribution >= 0.6 is 15.9 Å². The summed E-state index contributed by atoms with van der Waals surface area (Å²) < 4.78 is 2.39. The van der Waals surface area contributed by atoms with Crippen LogP contribution in [0.4, 0.5) is 0 Å². The maximum Gasteiger partial charge on any atom is 0.153 e. The molecule has 84 valence electrons. The van der Waals surface area contributed by atoms with Crippen LogP contribution in [0.2, 0.25) is 0 Å². The van der Waals surface area contributed by atoms with Gasteiger partial charge in [0.25, 0.3) is 0 Å². The Balaban J connectivity index is 2.39. The standard InChI is InChI=1S/C11H13BrN4/c1-7-3-5-8(6-4-7)9(13)10-11(12)14-15-16(10)2/h3-6,9H,13H2,1-2H3. The Morgan fingerprint density at radius 2 is 1.94 bits per heavy atom. The third-order valence-electron chi connectivity index (χ3n) is 2.56. The van der Waals surface area contributed by atoms with Crippen molar-refractivity contribution in [2.75, 3.05) is 0 Å². The Bertz CT molecular complexity index is 470. The summed E-state index contributed by atoms with van der Waals surface area (Å²) in [6, 6.07) is 7.94. The molecule has 0 aliphatic carbocycles. The van der Waals surface area contributed by atoms with Gasteiger partial charge in [-0.05, 0) is 28.4 Å². The molecule has 16 heavy (non-hydrogen) atoms. The minimum Gasteiger partial charge on any atom is -0.319 e. The van der Waals surface area contributed by atoms with Crippen molar-refractivity contribution in [1.29, 1.82) is 0 Å². The lowest BCUT2D eigenvalue weighted by molar-refractivity contribution is 0.651. The topological polar surface area (TPSA) is 56.7 Å². The van der Waals surface area contributed by atoms with Gasteiger partial charge in [-0.1, -0.05) is 35.0 Å². The molecule has 2 rings (SSSR count). The van der Waals surface area contributed by atoms with Gasteiger partial charge >= 0.3 is 0 Å². The van der Waals surface area contributed by atoms with Crippen LogP contribution in [0.25, 0.3) is 0 Å². The van der Waals surface area contributed by atoms with E-state index in [0.717, 1.165) is 11.3 Å². The SMILES string of the molecule is Cc1ccc(C(N)c2c(Br)nnn2C)cc1. The van der Waals surface area contributed by atoms with Crippen LogP contribution in [0.5, 0.6) is 0 Å². The molecule has 1 unspecified atom stereocenters. The number of rotatable bonds is 2. The minimum absolute atomic E-state index is 0.213. The summed E-state index contributed by atoms with van der Waals surface area (Å²) in [5.74, 6) is 0. The predicted molar refractivity (Wildman–Crippen MR) is 65.9 cm³/mol. The molecule has 2 aromatic rings. The van der Waals surface area contributed by atoms with Gasteiger partial charge in [0.05, 0.1) is 11.7 Å². The van der Waals surface area contributed by atoms with Crippen LogP contribution in [0, 0.1) is 6.92 Å². The van der Waals surface area contributed by atoms with Crippen LogP contribution < -0.4 is 5.73 Å². The van der Waals surface area contributed by atoms with E-state index in [1.807, 2.05) is 31.3 Å². The molecule has 0 saturated carbocycles. The van der Waals surface area contributed by atoms with Crippen molar-refractivity contribution in [2.24, 2.45) is 12.8 Å². The van der Waals surface area contributed by atoms with Crippen molar-refractivity contribution >= 4 is 15.9 Å². The zero-order valence-electron chi connectivity index (χ0n) is 9.18. The number of hydrogen-bond donors (Lipinski definition) is 1. The molecule has 0 fully saturated rings. The molecule has 1 aromatic heterocycles. The lowest BCUT2D eigenvalue weighted by atomic mass is 10.0. The molecule has 0 aliphatic heterocycles. The third-order valence-corrected chi connectivity index (χ3v) is 3.12. The second-order valence-corrected chi connectivity index (χ2v) is 4.53. The monoisotopic (exact) mass is 280 g/mol. The largest absolute Gasteiger partial charge is 0.319 e. The van der Waals surface area contributed by atoms with E-state index in [-0.39, 0.29) is 6.04 Å². The number of nitrogens with zero attached hydrogens (tertiary/aromatic N) is 3. The summed E-state index contributed by atoms with van der Waals surface area (Å²) in [5, 5.41) is 7.85. The number of aromatic nitrogens is 3. The summed E-state index contributed by atoms with van der Waals surface area (Å²) in [5.41, 5.74) is 9.33. The molecule has 1 heterocycles. The zero-order chi connectivity index (χ0) is 11.7. The molecule has 4 nitrogen and oxygen atoms in total. The second kappa shape index (κ2) is 4.35. The van der Waals surface area contributed by atoms with E-state index in [9.17, 15) is 0 Å². The highest BCUT2D eigenvalue weighted by Gasteiger charge is 2.17. The molecule has 0 aliphatic rings. The second-order valence-electron chi connectivity index (χ2n) is 3.78. The van der Waals surface area contributed by atoms with E-state index < -0.39 is 0 Å². The molecular formula is C11H13BrN4. The van der Waals surface area contributed by atoms with Crippen LogP contribution in [0.1, 0.15) is 22.9 Å². The van der Waals surface area contributed by atoms with Gasteiger partial charge in [-0.3, -0.25) is 0 Å². The van der Waals surface area contributed by atoms with E-state index in [2.05, 4.69) is 33.2 Å². The van der Waals surface area contributed by atoms with E-state index in [0.29, 0.717) is 4.60 Å². The highest BCUT2D eigenvalue weighted by Crippen LogP contribution is 2.24. The van der Waals surface area contributed by atoms with Crippen molar-refractivity contribution in [3.8, 4) is 0 Å². The van der Waals surface area contributed by atoms with E-state index in [4.69, 9.17) is 5.73 Å². The zero-order valence-corrected chi connectivity index (χ0v) is 10.8. The number of aryl methyl sites for hydroxylation is 2. The number of nitrogens with two attached hydrogens (primary N) is 1. The van der Waals surface area contributed by atoms with Crippen LogP contribution in [0.15, 0.2) is 28.9 Å². The molecular weight excluding hydrogens is 268 g/mol. The first-order valence-electron chi connectivity index (χ1n) is 4.97. The summed E-state index contributed by atoms with van der Waals surface area (Å²) in [4.78, 5) is 0. The lowest BCUT2D eigenvalue weighted by Gasteiger charge is -2.12. The van der Waals surface area contributed by atoms with Crippen molar-refractivity contribution in [1.82, 2.24) is 15.0 Å². The van der Waals surface area contributed by atoms with Gasteiger partial charge in [-0.2, -0.15) is 0 Å². The first-order chi connectivity index (χ1) is 7.59. The first-order valence-corrected chi connectivity index (χ1v) is 5.76. The van der Waals surface area contributed by atoms with Gasteiger partial charge in [0.1, 0.15) is 0 Å². The molecule has 0 spiro atoms. The fourth-order valence-electron chi connectivity index (χ4n) is 1.60. The van der Waals surface area contributed by atoms with E-state index in [1.165, 1.54) is 5.56 Å². The van der Waals surface area contributed by atoms with Crippen molar-refractivity contribution < 1.29 is 0 Å². The van der Waals surface area contributed by atoms with Gasteiger partial charge in [-0.25, -0.2) is 4.68 Å². The van der Waals surface area contributed by atoms with Gasteiger partial charge in [0.15, 0.2) is 4.60 Å².